The molecule has 3 aromatic rings. The number of benzene rings is 2. The van der Waals surface area contributed by atoms with Crippen molar-refractivity contribution in [2.24, 2.45) is 0 Å². The smallest absolute Gasteiger partial charge is 0.125 e. The first-order chi connectivity index (χ1) is 9.72. The van der Waals surface area contributed by atoms with Gasteiger partial charge in [0.25, 0.3) is 0 Å². The van der Waals surface area contributed by atoms with Gasteiger partial charge in [-0.2, -0.15) is 0 Å². The maximum Gasteiger partial charge on any atom is 0.125 e. The molecule has 1 aromatic heterocycles. The summed E-state index contributed by atoms with van der Waals surface area (Å²) in [5.41, 5.74) is 1.70. The van der Waals surface area contributed by atoms with Crippen LogP contribution in [0.1, 0.15) is 17.2 Å². The maximum atomic E-state index is 10.7. The molecule has 1 unspecified atom stereocenters. The summed E-state index contributed by atoms with van der Waals surface area (Å²) < 4.78 is 7.54. The summed E-state index contributed by atoms with van der Waals surface area (Å²) in [4.78, 5) is 0. The normalized spacial score (nSPS) is 12.6. The van der Waals surface area contributed by atoms with Crippen LogP contribution in [0, 0.1) is 0 Å². The Hall–Kier alpha value is -1.36. The number of aliphatic hydroxyl groups is 1. The summed E-state index contributed by atoms with van der Waals surface area (Å²) in [7, 11) is 1.62. The molecule has 2 nitrogen and oxygen atoms in total. The lowest BCUT2D eigenvalue weighted by atomic mass is 10.00. The third-order valence-electron chi connectivity index (χ3n) is 3.31. The van der Waals surface area contributed by atoms with E-state index in [1.54, 1.807) is 18.4 Å². The molecule has 0 aliphatic carbocycles. The number of rotatable bonds is 3. The number of para-hydroxylation sites is 1. The molecule has 0 aliphatic rings. The highest BCUT2D eigenvalue weighted by atomic mass is 79.9. The van der Waals surface area contributed by atoms with Crippen molar-refractivity contribution in [1.29, 1.82) is 0 Å². The van der Waals surface area contributed by atoms with Gasteiger partial charge in [-0.15, -0.1) is 11.3 Å². The first-order valence-corrected chi connectivity index (χ1v) is 7.86. The highest BCUT2D eigenvalue weighted by Crippen LogP contribution is 2.39. The monoisotopic (exact) mass is 348 g/mol. The summed E-state index contributed by atoms with van der Waals surface area (Å²) in [6, 6.07) is 13.6. The summed E-state index contributed by atoms with van der Waals surface area (Å²) in [6.45, 7) is 0. The number of fused-ring (bicyclic) bond motifs is 1. The number of thiophene rings is 1. The molecule has 2 aromatic carbocycles. The Balaban J connectivity index is 2.13. The van der Waals surface area contributed by atoms with E-state index < -0.39 is 6.10 Å². The SMILES string of the molecule is COc1ccccc1C(O)c1csc2c(Br)cccc12. The molecule has 0 radical (unpaired) electrons. The lowest BCUT2D eigenvalue weighted by molar-refractivity contribution is 0.216. The van der Waals surface area contributed by atoms with E-state index in [-0.39, 0.29) is 0 Å². The van der Waals surface area contributed by atoms with Crippen molar-refractivity contribution in [2.45, 2.75) is 6.10 Å². The van der Waals surface area contributed by atoms with E-state index in [0.29, 0.717) is 5.75 Å². The first-order valence-electron chi connectivity index (χ1n) is 6.19. The molecule has 102 valence electrons. The third kappa shape index (κ3) is 2.24. The van der Waals surface area contributed by atoms with Crippen molar-refractivity contribution in [2.75, 3.05) is 7.11 Å². The van der Waals surface area contributed by atoms with Crippen LogP contribution in [-0.2, 0) is 0 Å². The Kier molecular flexibility index (Phi) is 3.78. The molecular weight excluding hydrogens is 336 g/mol. The topological polar surface area (TPSA) is 29.5 Å². The van der Waals surface area contributed by atoms with Crippen LogP contribution in [0.15, 0.2) is 52.3 Å². The van der Waals surface area contributed by atoms with Crippen LogP contribution < -0.4 is 4.74 Å². The van der Waals surface area contributed by atoms with Crippen LogP contribution in [0.2, 0.25) is 0 Å². The van der Waals surface area contributed by atoms with E-state index >= 15 is 0 Å². The second-order valence-corrected chi connectivity index (χ2v) is 6.19. The van der Waals surface area contributed by atoms with Gasteiger partial charge in [-0.1, -0.05) is 30.3 Å². The van der Waals surface area contributed by atoms with Gasteiger partial charge in [0.1, 0.15) is 11.9 Å². The molecule has 0 bridgehead atoms. The fourth-order valence-electron chi connectivity index (χ4n) is 2.31. The van der Waals surface area contributed by atoms with Gasteiger partial charge in [-0.3, -0.25) is 0 Å². The van der Waals surface area contributed by atoms with Crippen LogP contribution in [0.25, 0.3) is 10.1 Å². The fourth-order valence-corrected chi connectivity index (χ4v) is 3.95. The highest BCUT2D eigenvalue weighted by molar-refractivity contribution is 9.10. The van der Waals surface area contributed by atoms with Crippen LogP contribution >= 0.6 is 27.3 Å². The molecule has 1 N–H and O–H groups in total. The number of methoxy groups -OCH3 is 1. The second kappa shape index (κ2) is 5.56. The van der Waals surface area contributed by atoms with Gasteiger partial charge in [-0.25, -0.2) is 0 Å². The van der Waals surface area contributed by atoms with E-state index in [1.165, 1.54) is 0 Å². The number of hydrogen-bond acceptors (Lipinski definition) is 3. The fraction of sp³-hybridized carbons (Fsp3) is 0.125. The van der Waals surface area contributed by atoms with E-state index in [4.69, 9.17) is 4.74 Å². The molecule has 1 atom stereocenters. The predicted octanol–water partition coefficient (Wildman–Crippen LogP) is 4.75. The third-order valence-corrected chi connectivity index (χ3v) is 5.28. The second-order valence-electron chi connectivity index (χ2n) is 4.45. The van der Waals surface area contributed by atoms with E-state index in [1.807, 2.05) is 47.8 Å². The summed E-state index contributed by atoms with van der Waals surface area (Å²) in [5, 5.41) is 13.8. The van der Waals surface area contributed by atoms with Crippen LogP contribution in [-0.4, -0.2) is 12.2 Å². The van der Waals surface area contributed by atoms with Crippen LogP contribution in [0.4, 0.5) is 0 Å². The Bertz CT molecular complexity index is 751. The molecule has 1 heterocycles. The van der Waals surface area contributed by atoms with Crippen molar-refractivity contribution in [3.63, 3.8) is 0 Å². The lowest BCUT2D eigenvalue weighted by Gasteiger charge is -2.14. The van der Waals surface area contributed by atoms with Gasteiger partial charge in [0.2, 0.25) is 0 Å². The summed E-state index contributed by atoms with van der Waals surface area (Å²) >= 11 is 5.18. The van der Waals surface area contributed by atoms with Crippen LogP contribution in [0.5, 0.6) is 5.75 Å². The van der Waals surface area contributed by atoms with E-state index in [9.17, 15) is 5.11 Å². The zero-order valence-electron chi connectivity index (χ0n) is 10.8. The first kappa shape index (κ1) is 13.6. The molecule has 0 aliphatic heterocycles. The Morgan fingerprint density at radius 2 is 1.90 bits per heavy atom. The molecule has 20 heavy (non-hydrogen) atoms. The maximum absolute atomic E-state index is 10.7. The van der Waals surface area contributed by atoms with Gasteiger partial charge in [0, 0.05) is 20.3 Å². The van der Waals surface area contributed by atoms with Crippen molar-refractivity contribution >= 4 is 37.4 Å². The Morgan fingerprint density at radius 3 is 2.70 bits per heavy atom. The van der Waals surface area contributed by atoms with Gasteiger partial charge in [0.15, 0.2) is 0 Å². The molecule has 0 saturated carbocycles. The highest BCUT2D eigenvalue weighted by Gasteiger charge is 2.19. The van der Waals surface area contributed by atoms with Gasteiger partial charge in [0.05, 0.1) is 7.11 Å². The molecule has 0 saturated heterocycles. The summed E-state index contributed by atoms with van der Waals surface area (Å²) in [6.07, 6.45) is -0.686. The average Bonchev–Trinajstić information content (AvgIpc) is 2.92. The number of halogens is 1. The zero-order chi connectivity index (χ0) is 14.1. The Labute approximate surface area is 129 Å². The van der Waals surface area contributed by atoms with Crippen LogP contribution in [0.3, 0.4) is 0 Å². The quantitative estimate of drug-likeness (QED) is 0.739. The van der Waals surface area contributed by atoms with Gasteiger partial charge >= 0.3 is 0 Å². The number of ether oxygens (including phenoxy) is 1. The molecule has 3 rings (SSSR count). The van der Waals surface area contributed by atoms with Crippen molar-refractivity contribution < 1.29 is 9.84 Å². The Morgan fingerprint density at radius 1 is 1.10 bits per heavy atom. The molecule has 0 spiro atoms. The standard InChI is InChI=1S/C16H13BrO2S/c1-19-14-8-3-2-5-11(14)15(18)12-9-20-16-10(12)6-4-7-13(16)17/h2-9,15,18H,1H3. The minimum Gasteiger partial charge on any atom is -0.496 e. The minimum atomic E-state index is -0.686. The average molecular weight is 349 g/mol. The molecule has 4 heteroatoms. The zero-order valence-corrected chi connectivity index (χ0v) is 13.2. The van der Waals surface area contributed by atoms with Crippen molar-refractivity contribution in [3.05, 3.63) is 63.4 Å². The minimum absolute atomic E-state index is 0.686. The largest absolute Gasteiger partial charge is 0.496 e. The predicted molar refractivity (Wildman–Crippen MR) is 86.6 cm³/mol. The lowest BCUT2D eigenvalue weighted by Crippen LogP contribution is -2.01. The van der Waals surface area contributed by atoms with Gasteiger partial charge < -0.3 is 9.84 Å². The molecule has 0 fully saturated rings. The molecule has 0 amide bonds. The van der Waals surface area contributed by atoms with E-state index in [2.05, 4.69) is 15.9 Å². The van der Waals surface area contributed by atoms with Crippen molar-refractivity contribution in [1.82, 2.24) is 0 Å². The van der Waals surface area contributed by atoms with Crippen molar-refractivity contribution in [3.8, 4) is 5.75 Å². The number of hydrogen-bond donors (Lipinski definition) is 1. The summed E-state index contributed by atoms with van der Waals surface area (Å²) in [5.74, 6) is 0.703. The molecular formula is C16H13BrO2S. The van der Waals surface area contributed by atoms with E-state index in [0.717, 1.165) is 25.7 Å². The van der Waals surface area contributed by atoms with Gasteiger partial charge in [-0.05, 0) is 38.8 Å². The number of aliphatic hydroxyl groups excluding tert-OH is 1.